The SMILES string of the molecule is CCOc1cc(/C=C/c2[nH]c(=O)[nH]c(=O)c2[N+](=O)[O-])ccc1OCC(=O)OC. The number of benzene rings is 1. The summed E-state index contributed by atoms with van der Waals surface area (Å²) in [6.45, 7) is 1.79. The number of hydrogen-bond donors (Lipinski definition) is 2. The summed E-state index contributed by atoms with van der Waals surface area (Å²) in [4.78, 5) is 48.4. The molecule has 2 rings (SSSR count). The number of aromatic nitrogens is 2. The summed E-state index contributed by atoms with van der Waals surface area (Å²) in [7, 11) is 1.24. The summed E-state index contributed by atoms with van der Waals surface area (Å²) in [6.07, 6.45) is 2.68. The molecule has 0 fully saturated rings. The summed E-state index contributed by atoms with van der Waals surface area (Å²) < 4.78 is 15.3. The van der Waals surface area contributed by atoms with Gasteiger partial charge < -0.3 is 19.2 Å². The van der Waals surface area contributed by atoms with Gasteiger partial charge in [-0.25, -0.2) is 9.59 Å². The molecule has 0 saturated carbocycles. The third kappa shape index (κ3) is 5.06. The maximum atomic E-state index is 11.6. The average Bonchev–Trinajstić information content (AvgIpc) is 2.64. The molecule has 0 radical (unpaired) electrons. The lowest BCUT2D eigenvalue weighted by Crippen LogP contribution is -2.25. The summed E-state index contributed by atoms with van der Waals surface area (Å²) in [5, 5.41) is 11.1. The topological polar surface area (TPSA) is 154 Å². The zero-order chi connectivity index (χ0) is 20.7. The Morgan fingerprint density at radius 1 is 1.18 bits per heavy atom. The molecule has 1 heterocycles. The van der Waals surface area contributed by atoms with Crippen LogP contribution in [0, 0.1) is 10.1 Å². The number of nitrogens with zero attached hydrogens (tertiary/aromatic N) is 1. The maximum Gasteiger partial charge on any atom is 0.357 e. The van der Waals surface area contributed by atoms with Gasteiger partial charge >= 0.3 is 22.9 Å². The Balaban J connectivity index is 2.35. The van der Waals surface area contributed by atoms with E-state index in [9.17, 15) is 24.5 Å². The van der Waals surface area contributed by atoms with Crippen molar-refractivity contribution >= 4 is 23.8 Å². The van der Waals surface area contributed by atoms with Gasteiger partial charge in [-0.2, -0.15) is 0 Å². The monoisotopic (exact) mass is 391 g/mol. The molecule has 0 amide bonds. The van der Waals surface area contributed by atoms with Gasteiger partial charge in [-0.05, 0) is 30.7 Å². The summed E-state index contributed by atoms with van der Waals surface area (Å²) in [5.41, 5.74) is -2.45. The summed E-state index contributed by atoms with van der Waals surface area (Å²) in [6, 6.07) is 4.72. The second-order valence-corrected chi connectivity index (χ2v) is 5.26. The van der Waals surface area contributed by atoms with E-state index in [1.165, 1.54) is 19.3 Å². The van der Waals surface area contributed by atoms with E-state index in [2.05, 4.69) is 9.72 Å². The molecule has 28 heavy (non-hydrogen) atoms. The first-order valence-electron chi connectivity index (χ1n) is 8.01. The number of nitrogens with one attached hydrogen (secondary N) is 2. The lowest BCUT2D eigenvalue weighted by molar-refractivity contribution is -0.386. The first-order valence-corrected chi connectivity index (χ1v) is 8.01. The number of carbonyl (C=O) groups excluding carboxylic acids is 1. The van der Waals surface area contributed by atoms with Crippen LogP contribution in [0.5, 0.6) is 11.5 Å². The summed E-state index contributed by atoms with van der Waals surface area (Å²) >= 11 is 0. The molecule has 11 heteroatoms. The molecule has 1 aromatic carbocycles. The largest absolute Gasteiger partial charge is 0.490 e. The van der Waals surface area contributed by atoms with Crippen LogP contribution in [-0.2, 0) is 9.53 Å². The Labute approximate surface area is 157 Å². The van der Waals surface area contributed by atoms with E-state index < -0.39 is 27.8 Å². The molecule has 0 saturated heterocycles. The average molecular weight is 391 g/mol. The van der Waals surface area contributed by atoms with E-state index in [4.69, 9.17) is 9.47 Å². The highest BCUT2D eigenvalue weighted by Gasteiger charge is 2.18. The molecule has 0 unspecified atom stereocenters. The Kier molecular flexibility index (Phi) is 6.68. The van der Waals surface area contributed by atoms with Crippen molar-refractivity contribution in [3.63, 3.8) is 0 Å². The minimum atomic E-state index is -1.10. The number of carbonyl (C=O) groups is 1. The first kappa shape index (κ1) is 20.4. The van der Waals surface area contributed by atoms with Crippen molar-refractivity contribution in [1.29, 1.82) is 0 Å². The molecule has 0 aliphatic heterocycles. The van der Waals surface area contributed by atoms with Gasteiger partial charge in [0.2, 0.25) is 0 Å². The molecule has 0 spiro atoms. The van der Waals surface area contributed by atoms with E-state index in [1.807, 2.05) is 0 Å². The standard InChI is InChI=1S/C17H17N3O8/c1-3-27-13-8-10(5-7-12(13)28-9-14(21)26-2)4-6-11-15(20(24)25)16(22)19-17(23)18-11/h4-8H,3,9H2,1-2H3,(H2,18,19,22,23)/b6-4+. The van der Waals surface area contributed by atoms with Crippen molar-refractivity contribution in [2.24, 2.45) is 0 Å². The Morgan fingerprint density at radius 3 is 2.57 bits per heavy atom. The van der Waals surface area contributed by atoms with E-state index in [0.717, 1.165) is 0 Å². The lowest BCUT2D eigenvalue weighted by atomic mass is 10.1. The fourth-order valence-corrected chi connectivity index (χ4v) is 2.19. The first-order chi connectivity index (χ1) is 13.3. The molecule has 1 aromatic heterocycles. The van der Waals surface area contributed by atoms with Crippen molar-refractivity contribution in [3.8, 4) is 11.5 Å². The smallest absolute Gasteiger partial charge is 0.357 e. The zero-order valence-electron chi connectivity index (χ0n) is 15.0. The number of nitro groups is 1. The van der Waals surface area contributed by atoms with E-state index in [0.29, 0.717) is 23.7 Å². The van der Waals surface area contributed by atoms with Gasteiger partial charge in [-0.1, -0.05) is 12.1 Å². The number of H-pyrrole nitrogens is 2. The number of esters is 1. The predicted molar refractivity (Wildman–Crippen MR) is 98.4 cm³/mol. The highest BCUT2D eigenvalue weighted by molar-refractivity contribution is 5.73. The summed E-state index contributed by atoms with van der Waals surface area (Å²) in [5.74, 6) is 0.0828. The van der Waals surface area contributed by atoms with Crippen LogP contribution in [0.25, 0.3) is 12.2 Å². The highest BCUT2D eigenvalue weighted by atomic mass is 16.6. The molecule has 148 valence electrons. The van der Waals surface area contributed by atoms with E-state index in [1.54, 1.807) is 30.1 Å². The molecule has 11 nitrogen and oxygen atoms in total. The van der Waals surface area contributed by atoms with Crippen molar-refractivity contribution in [2.75, 3.05) is 20.3 Å². The predicted octanol–water partition coefficient (Wildman–Crippen LogP) is 1.09. The normalized spacial score (nSPS) is 10.6. The minimum absolute atomic E-state index is 0.247. The number of ether oxygens (including phenoxy) is 3. The van der Waals surface area contributed by atoms with Crippen LogP contribution in [0.15, 0.2) is 27.8 Å². The molecule has 2 aromatic rings. The second kappa shape index (κ2) is 9.16. The number of methoxy groups -OCH3 is 1. The third-order valence-electron chi connectivity index (χ3n) is 3.41. The fraction of sp³-hybridized carbons (Fsp3) is 0.235. The van der Waals surface area contributed by atoms with Crippen LogP contribution in [0.3, 0.4) is 0 Å². The quantitative estimate of drug-likeness (QED) is 0.385. The van der Waals surface area contributed by atoms with Crippen LogP contribution < -0.4 is 20.7 Å². The number of aromatic amines is 2. The van der Waals surface area contributed by atoms with Gasteiger partial charge in [0.15, 0.2) is 18.1 Å². The van der Waals surface area contributed by atoms with Crippen molar-refractivity contribution in [2.45, 2.75) is 6.92 Å². The Morgan fingerprint density at radius 2 is 1.93 bits per heavy atom. The van der Waals surface area contributed by atoms with Gasteiger partial charge in [-0.15, -0.1) is 0 Å². The van der Waals surface area contributed by atoms with Gasteiger partial charge in [0, 0.05) is 0 Å². The van der Waals surface area contributed by atoms with Gasteiger partial charge in [-0.3, -0.25) is 19.9 Å². The minimum Gasteiger partial charge on any atom is -0.490 e. The van der Waals surface area contributed by atoms with E-state index in [-0.39, 0.29) is 12.3 Å². The maximum absolute atomic E-state index is 11.6. The van der Waals surface area contributed by atoms with Gasteiger partial charge in [0.25, 0.3) is 0 Å². The molecule has 2 N–H and O–H groups in total. The van der Waals surface area contributed by atoms with Crippen molar-refractivity contribution in [3.05, 3.63) is 60.4 Å². The zero-order valence-corrected chi connectivity index (χ0v) is 15.0. The van der Waals surface area contributed by atoms with Crippen LogP contribution in [-0.4, -0.2) is 41.2 Å². The van der Waals surface area contributed by atoms with Crippen LogP contribution in [0.1, 0.15) is 18.2 Å². The van der Waals surface area contributed by atoms with Crippen molar-refractivity contribution in [1.82, 2.24) is 9.97 Å². The molecule has 0 aliphatic rings. The van der Waals surface area contributed by atoms with E-state index >= 15 is 0 Å². The number of hydrogen-bond acceptors (Lipinski definition) is 8. The van der Waals surface area contributed by atoms with Gasteiger partial charge in [0.05, 0.1) is 18.6 Å². The Hall–Kier alpha value is -3.89. The van der Waals surface area contributed by atoms with Gasteiger partial charge in [0.1, 0.15) is 5.69 Å². The molecule has 0 atom stereocenters. The highest BCUT2D eigenvalue weighted by Crippen LogP contribution is 2.29. The van der Waals surface area contributed by atoms with Crippen LogP contribution in [0.4, 0.5) is 5.69 Å². The van der Waals surface area contributed by atoms with Crippen molar-refractivity contribution < 1.29 is 23.9 Å². The van der Waals surface area contributed by atoms with Crippen LogP contribution >= 0.6 is 0 Å². The molecular formula is C17H17N3O8. The second-order valence-electron chi connectivity index (χ2n) is 5.26. The molecule has 0 aliphatic carbocycles. The fourth-order valence-electron chi connectivity index (χ4n) is 2.19. The molecule has 0 bridgehead atoms. The lowest BCUT2D eigenvalue weighted by Gasteiger charge is -2.11. The number of rotatable bonds is 8. The Bertz CT molecular complexity index is 1020. The van der Waals surface area contributed by atoms with Crippen LogP contribution in [0.2, 0.25) is 0 Å². The third-order valence-corrected chi connectivity index (χ3v) is 3.41. The molecular weight excluding hydrogens is 374 g/mol.